The minimum atomic E-state index is 0.368. The van der Waals surface area contributed by atoms with Crippen molar-refractivity contribution in [2.75, 3.05) is 19.8 Å². The van der Waals surface area contributed by atoms with Crippen LogP contribution in [0.1, 0.15) is 35.6 Å². The minimum absolute atomic E-state index is 0.368. The van der Waals surface area contributed by atoms with Crippen LogP contribution in [0.15, 0.2) is 42.5 Å². The Hall–Kier alpha value is -2.51. The Balaban J connectivity index is 1.58. The molecule has 4 rings (SSSR count). The lowest BCUT2D eigenvalue weighted by atomic mass is 10.0. The van der Waals surface area contributed by atoms with E-state index in [-0.39, 0.29) is 0 Å². The van der Waals surface area contributed by atoms with Gasteiger partial charge in [-0.15, -0.1) is 0 Å². The molecule has 4 heteroatoms. The van der Waals surface area contributed by atoms with Gasteiger partial charge < -0.3 is 9.47 Å². The van der Waals surface area contributed by atoms with Gasteiger partial charge in [0.1, 0.15) is 13.2 Å². The van der Waals surface area contributed by atoms with Crippen LogP contribution in [-0.4, -0.2) is 24.7 Å². The first-order chi connectivity index (χ1) is 11.8. The molecule has 0 bridgehead atoms. The second-order valence-corrected chi connectivity index (χ2v) is 6.30. The molecule has 2 heterocycles. The first-order valence-electron chi connectivity index (χ1n) is 8.47. The largest absolute Gasteiger partial charge is 0.486 e. The van der Waals surface area contributed by atoms with Gasteiger partial charge in [-0.25, -0.2) is 0 Å². The monoisotopic (exact) mass is 320 g/mol. The molecule has 1 saturated heterocycles. The van der Waals surface area contributed by atoms with Crippen molar-refractivity contribution >= 4 is 0 Å². The minimum Gasteiger partial charge on any atom is -0.486 e. The van der Waals surface area contributed by atoms with Crippen LogP contribution in [0.4, 0.5) is 0 Å². The van der Waals surface area contributed by atoms with Gasteiger partial charge in [-0.3, -0.25) is 4.90 Å². The molecule has 1 atom stereocenters. The lowest BCUT2D eigenvalue weighted by Crippen LogP contribution is -2.23. The number of benzene rings is 2. The van der Waals surface area contributed by atoms with E-state index in [4.69, 9.17) is 9.47 Å². The Labute approximate surface area is 142 Å². The number of nitriles is 1. The Morgan fingerprint density at radius 2 is 1.92 bits per heavy atom. The van der Waals surface area contributed by atoms with Gasteiger partial charge >= 0.3 is 0 Å². The molecule has 1 fully saturated rings. The van der Waals surface area contributed by atoms with E-state index in [1.807, 2.05) is 24.3 Å². The molecular weight excluding hydrogens is 300 g/mol. The first-order valence-corrected chi connectivity index (χ1v) is 8.47. The number of nitrogens with zero attached hydrogens (tertiary/aromatic N) is 2. The predicted octanol–water partition coefficient (Wildman–Crippen LogP) is 3.67. The normalized spacial score (nSPS) is 19.9. The maximum Gasteiger partial charge on any atom is 0.161 e. The molecule has 0 aliphatic carbocycles. The lowest BCUT2D eigenvalue weighted by molar-refractivity contribution is 0.170. The van der Waals surface area contributed by atoms with Crippen LogP contribution in [0.5, 0.6) is 11.5 Å². The van der Waals surface area contributed by atoms with Crippen molar-refractivity contribution < 1.29 is 9.47 Å². The fraction of sp³-hybridized carbons (Fsp3) is 0.350. The number of rotatable bonds is 3. The Bertz CT molecular complexity index is 781. The van der Waals surface area contributed by atoms with Crippen LogP contribution in [0.3, 0.4) is 0 Å². The summed E-state index contributed by atoms with van der Waals surface area (Å²) in [6.07, 6.45) is 2.31. The number of hydrogen-bond donors (Lipinski definition) is 0. The van der Waals surface area contributed by atoms with E-state index in [9.17, 15) is 5.26 Å². The summed E-state index contributed by atoms with van der Waals surface area (Å²) in [5, 5.41) is 9.31. The standard InChI is InChI=1S/C20H20N2O2/c21-13-16-4-1-2-5-17(16)14-22-9-3-6-18(22)15-7-8-19-20(12-15)24-11-10-23-19/h1-2,4-5,7-8,12,18H,3,6,9-11,14H2. The van der Waals surface area contributed by atoms with E-state index in [0.29, 0.717) is 19.3 Å². The molecule has 2 aliphatic heterocycles. The number of likely N-dealkylation sites (tertiary alicyclic amines) is 1. The Kier molecular flexibility index (Phi) is 4.10. The van der Waals surface area contributed by atoms with Crippen LogP contribution < -0.4 is 9.47 Å². The van der Waals surface area contributed by atoms with E-state index in [1.54, 1.807) is 0 Å². The smallest absolute Gasteiger partial charge is 0.161 e. The fourth-order valence-corrected chi connectivity index (χ4v) is 3.65. The van der Waals surface area contributed by atoms with E-state index in [1.165, 1.54) is 12.0 Å². The average Bonchev–Trinajstić information content (AvgIpc) is 3.10. The third kappa shape index (κ3) is 2.83. The zero-order valence-electron chi connectivity index (χ0n) is 13.6. The van der Waals surface area contributed by atoms with E-state index in [2.05, 4.69) is 29.2 Å². The maximum atomic E-state index is 9.31. The molecule has 0 N–H and O–H groups in total. The Morgan fingerprint density at radius 1 is 1.08 bits per heavy atom. The molecule has 0 aromatic heterocycles. The highest BCUT2D eigenvalue weighted by Crippen LogP contribution is 2.38. The van der Waals surface area contributed by atoms with Crippen LogP contribution in [0, 0.1) is 11.3 Å². The van der Waals surface area contributed by atoms with Gasteiger partial charge in [0.2, 0.25) is 0 Å². The molecule has 2 aliphatic rings. The summed E-state index contributed by atoms with van der Waals surface area (Å²) in [6, 6.07) is 16.8. The summed E-state index contributed by atoms with van der Waals surface area (Å²) < 4.78 is 11.3. The van der Waals surface area contributed by atoms with Gasteiger partial charge in [-0.05, 0) is 48.7 Å². The Morgan fingerprint density at radius 3 is 2.79 bits per heavy atom. The van der Waals surface area contributed by atoms with Gasteiger partial charge in [0.15, 0.2) is 11.5 Å². The zero-order valence-corrected chi connectivity index (χ0v) is 13.6. The van der Waals surface area contributed by atoms with Crippen LogP contribution in [-0.2, 0) is 6.54 Å². The van der Waals surface area contributed by atoms with Gasteiger partial charge in [-0.2, -0.15) is 5.26 Å². The second-order valence-electron chi connectivity index (χ2n) is 6.30. The number of hydrogen-bond acceptors (Lipinski definition) is 4. The second kappa shape index (κ2) is 6.54. The molecule has 0 saturated carbocycles. The third-order valence-corrected chi connectivity index (χ3v) is 4.83. The highest BCUT2D eigenvalue weighted by atomic mass is 16.6. The van der Waals surface area contributed by atoms with E-state index < -0.39 is 0 Å². The third-order valence-electron chi connectivity index (χ3n) is 4.83. The van der Waals surface area contributed by atoms with Crippen molar-refractivity contribution in [3.63, 3.8) is 0 Å². The van der Waals surface area contributed by atoms with Crippen LogP contribution >= 0.6 is 0 Å². The number of ether oxygens (including phenoxy) is 2. The van der Waals surface area contributed by atoms with Gasteiger partial charge in [0, 0.05) is 12.6 Å². The average molecular weight is 320 g/mol. The molecule has 0 amide bonds. The summed E-state index contributed by atoms with van der Waals surface area (Å²) in [4.78, 5) is 2.46. The molecule has 4 nitrogen and oxygen atoms in total. The lowest BCUT2D eigenvalue weighted by Gasteiger charge is -2.27. The molecule has 1 unspecified atom stereocenters. The number of fused-ring (bicyclic) bond motifs is 1. The summed E-state index contributed by atoms with van der Waals surface area (Å²) in [6.45, 7) is 3.09. The highest BCUT2D eigenvalue weighted by Gasteiger charge is 2.27. The summed E-state index contributed by atoms with van der Waals surface area (Å²) in [7, 11) is 0. The molecule has 2 aromatic carbocycles. The topological polar surface area (TPSA) is 45.5 Å². The molecular formula is C20H20N2O2. The van der Waals surface area contributed by atoms with Crippen molar-refractivity contribution in [1.82, 2.24) is 4.90 Å². The maximum absolute atomic E-state index is 9.31. The first kappa shape index (κ1) is 15.0. The summed E-state index contributed by atoms with van der Waals surface area (Å²) in [5.41, 5.74) is 3.14. The van der Waals surface area contributed by atoms with E-state index >= 15 is 0 Å². The van der Waals surface area contributed by atoms with Gasteiger partial charge in [0.05, 0.1) is 11.6 Å². The van der Waals surface area contributed by atoms with Crippen molar-refractivity contribution in [3.05, 3.63) is 59.2 Å². The zero-order chi connectivity index (χ0) is 16.4. The molecule has 122 valence electrons. The van der Waals surface area contributed by atoms with Gasteiger partial charge in [-0.1, -0.05) is 24.3 Å². The SMILES string of the molecule is N#Cc1ccccc1CN1CCCC1c1ccc2c(c1)OCCO2. The van der Waals surface area contributed by atoms with Crippen LogP contribution in [0.2, 0.25) is 0 Å². The molecule has 0 radical (unpaired) electrons. The molecule has 24 heavy (non-hydrogen) atoms. The van der Waals surface area contributed by atoms with Crippen molar-refractivity contribution in [1.29, 1.82) is 5.26 Å². The van der Waals surface area contributed by atoms with Crippen molar-refractivity contribution in [2.45, 2.75) is 25.4 Å². The molecule has 2 aromatic rings. The highest BCUT2D eigenvalue weighted by molar-refractivity contribution is 5.45. The fourth-order valence-electron chi connectivity index (χ4n) is 3.65. The van der Waals surface area contributed by atoms with Crippen LogP contribution in [0.25, 0.3) is 0 Å². The summed E-state index contributed by atoms with van der Waals surface area (Å²) in [5.74, 6) is 1.69. The van der Waals surface area contributed by atoms with Crippen molar-refractivity contribution in [3.8, 4) is 17.6 Å². The van der Waals surface area contributed by atoms with Crippen molar-refractivity contribution in [2.24, 2.45) is 0 Å². The molecule has 0 spiro atoms. The van der Waals surface area contributed by atoms with Gasteiger partial charge in [0.25, 0.3) is 0 Å². The van der Waals surface area contributed by atoms with E-state index in [0.717, 1.165) is 42.1 Å². The predicted molar refractivity (Wildman–Crippen MR) is 91.0 cm³/mol. The summed E-state index contributed by atoms with van der Waals surface area (Å²) >= 11 is 0. The quantitative estimate of drug-likeness (QED) is 0.865.